The normalized spacial score (nSPS) is 11.5. The van der Waals surface area contributed by atoms with Crippen molar-refractivity contribution in [3.8, 4) is 17.1 Å². The second-order valence-electron chi connectivity index (χ2n) is 7.48. The molecule has 0 unspecified atom stereocenters. The minimum Gasteiger partial charge on any atom is -0.291 e. The Hall–Kier alpha value is -3.85. The van der Waals surface area contributed by atoms with E-state index in [2.05, 4.69) is 83.4 Å². The van der Waals surface area contributed by atoms with Crippen molar-refractivity contribution in [2.75, 3.05) is 0 Å². The van der Waals surface area contributed by atoms with Crippen LogP contribution in [-0.4, -0.2) is 17.4 Å². The predicted molar refractivity (Wildman–Crippen MR) is 127 cm³/mol. The Balaban J connectivity index is 1.87. The number of imidazole rings is 1. The van der Waals surface area contributed by atoms with Crippen LogP contribution in [0.1, 0.15) is 0 Å². The first kappa shape index (κ1) is 17.1. The standard InChI is InChI=1S/C27H17BN2/c28-25-19-12-4-6-14-21(19)26(22-15-7-5-13-20(22)25)30-24-17-9-8-16-23(24)29-27(30)18-10-2-1-3-11-18/h1-17H. The molecular weight excluding hydrogens is 363 g/mol. The van der Waals surface area contributed by atoms with Crippen molar-refractivity contribution in [2.24, 2.45) is 0 Å². The maximum atomic E-state index is 6.61. The molecule has 3 heteroatoms. The second kappa shape index (κ2) is 6.60. The molecule has 0 saturated heterocycles. The lowest BCUT2D eigenvalue weighted by molar-refractivity contribution is 1.13. The van der Waals surface area contributed by atoms with Gasteiger partial charge >= 0.3 is 0 Å². The first-order chi connectivity index (χ1) is 14.8. The molecule has 0 N–H and O–H groups in total. The fraction of sp³-hybridized carbons (Fsp3) is 0. The zero-order chi connectivity index (χ0) is 20.1. The van der Waals surface area contributed by atoms with E-state index in [0.29, 0.717) is 0 Å². The van der Waals surface area contributed by atoms with Crippen LogP contribution in [0.4, 0.5) is 0 Å². The largest absolute Gasteiger partial charge is 0.291 e. The molecule has 2 radical (unpaired) electrons. The number of fused-ring (bicyclic) bond motifs is 3. The van der Waals surface area contributed by atoms with Gasteiger partial charge in [-0.25, -0.2) is 4.98 Å². The molecule has 1 aromatic heterocycles. The number of para-hydroxylation sites is 2. The smallest absolute Gasteiger partial charge is 0.145 e. The van der Waals surface area contributed by atoms with E-state index in [1.54, 1.807) is 0 Å². The van der Waals surface area contributed by atoms with Crippen molar-refractivity contribution in [2.45, 2.75) is 0 Å². The molecule has 1 heterocycles. The maximum Gasteiger partial charge on any atom is 0.145 e. The summed E-state index contributed by atoms with van der Waals surface area (Å²) in [4.78, 5) is 5.03. The van der Waals surface area contributed by atoms with Gasteiger partial charge in [0.15, 0.2) is 0 Å². The fourth-order valence-electron chi connectivity index (χ4n) is 4.41. The molecule has 2 nitrogen and oxygen atoms in total. The fourth-order valence-corrected chi connectivity index (χ4v) is 4.41. The molecular formula is C27H17BN2. The minimum atomic E-state index is 0.815. The first-order valence-corrected chi connectivity index (χ1v) is 10.0. The third-order valence-corrected chi connectivity index (χ3v) is 5.76. The molecule has 0 aliphatic heterocycles. The first-order valence-electron chi connectivity index (χ1n) is 10.0. The van der Waals surface area contributed by atoms with Crippen LogP contribution in [0.5, 0.6) is 0 Å². The Morgan fingerprint density at radius 3 is 1.77 bits per heavy atom. The average molecular weight is 380 g/mol. The van der Waals surface area contributed by atoms with Crippen LogP contribution in [-0.2, 0) is 0 Å². The summed E-state index contributed by atoms with van der Waals surface area (Å²) < 4.78 is 2.29. The molecule has 0 amide bonds. The van der Waals surface area contributed by atoms with Gasteiger partial charge in [-0.05, 0) is 22.9 Å². The van der Waals surface area contributed by atoms with E-state index in [1.807, 2.05) is 24.3 Å². The third-order valence-electron chi connectivity index (χ3n) is 5.76. The summed E-state index contributed by atoms with van der Waals surface area (Å²) >= 11 is 0. The Morgan fingerprint density at radius 1 is 0.567 bits per heavy atom. The highest BCUT2D eigenvalue weighted by atomic mass is 15.1. The zero-order valence-corrected chi connectivity index (χ0v) is 16.3. The number of aromatic nitrogens is 2. The molecule has 0 saturated carbocycles. The van der Waals surface area contributed by atoms with Gasteiger partial charge in [-0.15, -0.1) is 0 Å². The SMILES string of the molecule is [B]c1c2ccccc2c(-n2c(-c3ccccc3)nc3ccccc32)c2ccccc12. The Morgan fingerprint density at radius 2 is 1.10 bits per heavy atom. The van der Waals surface area contributed by atoms with Crippen molar-refractivity contribution >= 4 is 45.9 Å². The summed E-state index contributed by atoms with van der Waals surface area (Å²) in [6.07, 6.45) is 0. The summed E-state index contributed by atoms with van der Waals surface area (Å²) in [6.45, 7) is 0. The maximum absolute atomic E-state index is 6.61. The molecule has 138 valence electrons. The number of nitrogens with zero attached hydrogens (tertiary/aromatic N) is 2. The summed E-state index contributed by atoms with van der Waals surface area (Å²) in [5, 5.41) is 4.36. The molecule has 0 fully saturated rings. The Kier molecular flexibility index (Phi) is 3.75. The molecule has 30 heavy (non-hydrogen) atoms. The van der Waals surface area contributed by atoms with Crippen molar-refractivity contribution in [1.82, 2.24) is 9.55 Å². The second-order valence-corrected chi connectivity index (χ2v) is 7.48. The number of rotatable bonds is 2. The lowest BCUT2D eigenvalue weighted by Gasteiger charge is -2.18. The summed E-state index contributed by atoms with van der Waals surface area (Å²) in [6, 6.07) is 35.4. The number of benzene rings is 5. The van der Waals surface area contributed by atoms with Crippen LogP contribution in [0, 0.1) is 0 Å². The van der Waals surface area contributed by atoms with E-state index in [1.165, 1.54) is 0 Å². The van der Waals surface area contributed by atoms with Gasteiger partial charge < -0.3 is 0 Å². The van der Waals surface area contributed by atoms with Gasteiger partial charge in [-0.1, -0.05) is 96.5 Å². The lowest BCUT2D eigenvalue weighted by atomic mass is 9.84. The highest BCUT2D eigenvalue weighted by Crippen LogP contribution is 2.36. The highest BCUT2D eigenvalue weighted by Gasteiger charge is 2.19. The van der Waals surface area contributed by atoms with E-state index < -0.39 is 0 Å². The summed E-state index contributed by atoms with van der Waals surface area (Å²) in [7, 11) is 6.61. The predicted octanol–water partition coefficient (Wildman–Crippen LogP) is 5.79. The van der Waals surface area contributed by atoms with E-state index in [0.717, 1.165) is 55.1 Å². The third kappa shape index (κ3) is 2.42. The highest BCUT2D eigenvalue weighted by molar-refractivity contribution is 6.46. The van der Waals surface area contributed by atoms with Crippen LogP contribution in [0.15, 0.2) is 103 Å². The van der Waals surface area contributed by atoms with E-state index in [-0.39, 0.29) is 0 Å². The number of hydrogen-bond donors (Lipinski definition) is 0. The van der Waals surface area contributed by atoms with Crippen LogP contribution in [0.25, 0.3) is 49.7 Å². The van der Waals surface area contributed by atoms with Crippen LogP contribution < -0.4 is 5.46 Å². The molecule has 0 aliphatic carbocycles. The topological polar surface area (TPSA) is 17.8 Å². The zero-order valence-electron chi connectivity index (χ0n) is 16.3. The van der Waals surface area contributed by atoms with E-state index >= 15 is 0 Å². The minimum absolute atomic E-state index is 0.815. The molecule has 6 aromatic rings. The van der Waals surface area contributed by atoms with Crippen LogP contribution in [0.3, 0.4) is 0 Å². The molecule has 5 aromatic carbocycles. The van der Waals surface area contributed by atoms with Gasteiger partial charge in [0.25, 0.3) is 0 Å². The van der Waals surface area contributed by atoms with Crippen molar-refractivity contribution in [3.63, 3.8) is 0 Å². The Labute approximate surface area is 175 Å². The quantitative estimate of drug-likeness (QED) is 0.275. The van der Waals surface area contributed by atoms with E-state index in [9.17, 15) is 0 Å². The summed E-state index contributed by atoms with van der Waals surface area (Å²) in [5.74, 6) is 0.928. The van der Waals surface area contributed by atoms with Crippen LogP contribution >= 0.6 is 0 Å². The van der Waals surface area contributed by atoms with Crippen molar-refractivity contribution in [3.05, 3.63) is 103 Å². The Bertz CT molecular complexity index is 1490. The molecule has 0 bridgehead atoms. The molecule has 0 aliphatic rings. The molecule has 0 atom stereocenters. The van der Waals surface area contributed by atoms with E-state index in [4.69, 9.17) is 12.8 Å². The van der Waals surface area contributed by atoms with Gasteiger partial charge in [0, 0.05) is 16.3 Å². The molecule has 6 rings (SSSR count). The average Bonchev–Trinajstić information content (AvgIpc) is 3.19. The van der Waals surface area contributed by atoms with Gasteiger partial charge in [-0.2, -0.15) is 0 Å². The monoisotopic (exact) mass is 380 g/mol. The van der Waals surface area contributed by atoms with Crippen molar-refractivity contribution in [1.29, 1.82) is 0 Å². The van der Waals surface area contributed by atoms with Gasteiger partial charge in [0.05, 0.1) is 16.7 Å². The van der Waals surface area contributed by atoms with Gasteiger partial charge in [0.2, 0.25) is 0 Å². The van der Waals surface area contributed by atoms with Gasteiger partial charge in [0.1, 0.15) is 13.7 Å². The van der Waals surface area contributed by atoms with Crippen LogP contribution in [0.2, 0.25) is 0 Å². The number of hydrogen-bond acceptors (Lipinski definition) is 1. The van der Waals surface area contributed by atoms with Crippen molar-refractivity contribution < 1.29 is 0 Å². The van der Waals surface area contributed by atoms with Gasteiger partial charge in [-0.3, -0.25) is 4.57 Å². The molecule has 0 spiro atoms. The lowest BCUT2D eigenvalue weighted by Crippen LogP contribution is -2.10. The summed E-state index contributed by atoms with van der Waals surface area (Å²) in [5.41, 5.74) is 5.06.